The zero-order chi connectivity index (χ0) is 13.7. The van der Waals surface area contributed by atoms with Crippen molar-refractivity contribution in [1.29, 1.82) is 0 Å². The van der Waals surface area contributed by atoms with Crippen LogP contribution in [0.15, 0.2) is 12.1 Å². The lowest BCUT2D eigenvalue weighted by Crippen LogP contribution is -2.03. The Labute approximate surface area is 111 Å². The van der Waals surface area contributed by atoms with E-state index < -0.39 is 0 Å². The fraction of sp³-hybridized carbons (Fsp3) is 0.500. The smallest absolute Gasteiger partial charge is 0.188 e. The molecule has 0 saturated carbocycles. The summed E-state index contributed by atoms with van der Waals surface area (Å²) in [7, 11) is 3.42. The van der Waals surface area contributed by atoms with Crippen LogP contribution < -0.4 is 9.47 Å². The third kappa shape index (κ3) is 3.71. The number of benzene rings is 1. The average molecular weight is 268 g/mol. The van der Waals surface area contributed by atoms with Gasteiger partial charge in [-0.2, -0.15) is 0 Å². The minimum absolute atomic E-state index is 0.109. The fourth-order valence-corrected chi connectivity index (χ4v) is 2.67. The first-order valence-electron chi connectivity index (χ1n) is 6.00. The summed E-state index contributed by atoms with van der Waals surface area (Å²) >= 11 is 0. The SMILES string of the molecule is COc1cc(C)cc(OC)c1C(=O)PCC(C)C. The number of aryl methyl sites for hydroxylation is 1. The van der Waals surface area contributed by atoms with Gasteiger partial charge in [0.25, 0.3) is 0 Å². The minimum Gasteiger partial charge on any atom is -0.496 e. The zero-order valence-electron chi connectivity index (χ0n) is 11.7. The van der Waals surface area contributed by atoms with Gasteiger partial charge in [-0.05, 0) is 45.3 Å². The molecule has 0 heterocycles. The molecule has 1 rings (SSSR count). The maximum Gasteiger partial charge on any atom is 0.188 e. The van der Waals surface area contributed by atoms with Gasteiger partial charge in [0.2, 0.25) is 0 Å². The molecule has 1 atom stereocenters. The van der Waals surface area contributed by atoms with Crippen molar-refractivity contribution in [1.82, 2.24) is 0 Å². The zero-order valence-corrected chi connectivity index (χ0v) is 12.7. The molecule has 0 saturated heterocycles. The standard InChI is InChI=1S/C14H21O3P/c1-9(2)8-18-14(15)13-11(16-4)6-10(3)7-12(13)17-5/h6-7,9,18H,8H2,1-5H3. The van der Waals surface area contributed by atoms with Crippen molar-refractivity contribution in [2.75, 3.05) is 20.4 Å². The molecular weight excluding hydrogens is 247 g/mol. The molecule has 0 N–H and O–H groups in total. The van der Waals surface area contributed by atoms with Gasteiger partial charge in [0.1, 0.15) is 17.1 Å². The molecule has 0 aliphatic carbocycles. The van der Waals surface area contributed by atoms with Crippen LogP contribution in [0.3, 0.4) is 0 Å². The highest BCUT2D eigenvalue weighted by molar-refractivity contribution is 7.58. The molecule has 1 aromatic carbocycles. The highest BCUT2D eigenvalue weighted by Crippen LogP contribution is 2.35. The molecule has 0 bridgehead atoms. The van der Waals surface area contributed by atoms with E-state index in [-0.39, 0.29) is 14.1 Å². The molecule has 18 heavy (non-hydrogen) atoms. The van der Waals surface area contributed by atoms with E-state index in [0.717, 1.165) is 11.7 Å². The Morgan fingerprint density at radius 1 is 1.22 bits per heavy atom. The lowest BCUT2D eigenvalue weighted by atomic mass is 10.1. The third-order valence-electron chi connectivity index (χ3n) is 2.55. The van der Waals surface area contributed by atoms with Crippen molar-refractivity contribution in [2.45, 2.75) is 20.8 Å². The maximum absolute atomic E-state index is 12.3. The predicted molar refractivity (Wildman–Crippen MR) is 76.6 cm³/mol. The maximum atomic E-state index is 12.3. The summed E-state index contributed by atoms with van der Waals surface area (Å²) in [6.07, 6.45) is 0.902. The van der Waals surface area contributed by atoms with E-state index in [2.05, 4.69) is 13.8 Å². The Morgan fingerprint density at radius 3 is 2.11 bits per heavy atom. The van der Waals surface area contributed by atoms with Gasteiger partial charge >= 0.3 is 0 Å². The van der Waals surface area contributed by atoms with Crippen LogP contribution in [0.25, 0.3) is 0 Å². The normalized spacial score (nSPS) is 11.2. The predicted octanol–water partition coefficient (Wildman–Crippen LogP) is 3.49. The Hall–Kier alpha value is -1.08. The van der Waals surface area contributed by atoms with Crippen LogP contribution in [-0.4, -0.2) is 25.9 Å². The molecule has 100 valence electrons. The number of rotatable bonds is 6. The topological polar surface area (TPSA) is 35.5 Å². The molecule has 3 nitrogen and oxygen atoms in total. The quantitative estimate of drug-likeness (QED) is 0.741. The van der Waals surface area contributed by atoms with Gasteiger partial charge in [-0.3, -0.25) is 4.79 Å². The van der Waals surface area contributed by atoms with Crippen molar-refractivity contribution < 1.29 is 14.3 Å². The summed E-state index contributed by atoms with van der Waals surface area (Å²) in [6, 6.07) is 3.74. The summed E-state index contributed by atoms with van der Waals surface area (Å²) in [6.45, 7) is 6.18. The van der Waals surface area contributed by atoms with Gasteiger partial charge < -0.3 is 9.47 Å². The second-order valence-corrected chi connectivity index (χ2v) is 5.86. The monoisotopic (exact) mass is 268 g/mol. The molecule has 0 aromatic heterocycles. The van der Waals surface area contributed by atoms with Crippen molar-refractivity contribution >= 4 is 14.1 Å². The first-order valence-corrected chi connectivity index (χ1v) is 7.21. The third-order valence-corrected chi connectivity index (χ3v) is 4.14. The van der Waals surface area contributed by atoms with Crippen LogP contribution in [0, 0.1) is 12.8 Å². The van der Waals surface area contributed by atoms with Crippen LogP contribution in [0.1, 0.15) is 29.8 Å². The highest BCUT2D eigenvalue weighted by atomic mass is 31.1. The first kappa shape index (κ1) is 15.0. The Balaban J connectivity index is 3.08. The van der Waals surface area contributed by atoms with Gasteiger partial charge in [-0.25, -0.2) is 0 Å². The van der Waals surface area contributed by atoms with Crippen molar-refractivity contribution in [3.8, 4) is 11.5 Å². The van der Waals surface area contributed by atoms with Crippen molar-refractivity contribution in [2.24, 2.45) is 5.92 Å². The molecule has 0 amide bonds. The van der Waals surface area contributed by atoms with Crippen LogP contribution in [-0.2, 0) is 0 Å². The number of ether oxygens (including phenoxy) is 2. The molecule has 1 unspecified atom stereocenters. The van der Waals surface area contributed by atoms with Crippen molar-refractivity contribution in [3.05, 3.63) is 23.3 Å². The second kappa shape index (κ2) is 6.75. The number of carbonyl (C=O) groups is 1. The van der Waals surface area contributed by atoms with Gasteiger partial charge in [0, 0.05) is 0 Å². The van der Waals surface area contributed by atoms with Crippen molar-refractivity contribution in [3.63, 3.8) is 0 Å². The van der Waals surface area contributed by atoms with E-state index in [9.17, 15) is 4.79 Å². The second-order valence-electron chi connectivity index (χ2n) is 4.65. The molecule has 0 aliphatic rings. The van der Waals surface area contributed by atoms with Crippen LogP contribution in [0.4, 0.5) is 0 Å². The van der Waals surface area contributed by atoms with Crippen LogP contribution in [0.5, 0.6) is 11.5 Å². The average Bonchev–Trinajstić information content (AvgIpc) is 2.34. The molecule has 0 fully saturated rings. The highest BCUT2D eigenvalue weighted by Gasteiger charge is 2.19. The minimum atomic E-state index is 0.109. The molecule has 1 aromatic rings. The Bertz CT molecular complexity index is 402. The van der Waals surface area contributed by atoms with E-state index >= 15 is 0 Å². The summed E-state index contributed by atoms with van der Waals surface area (Å²) in [5, 5.41) is 0. The fourth-order valence-electron chi connectivity index (χ4n) is 1.65. The molecule has 0 radical (unpaired) electrons. The molecule has 0 spiro atoms. The van der Waals surface area contributed by atoms with Gasteiger partial charge in [0.15, 0.2) is 5.52 Å². The van der Waals surface area contributed by atoms with E-state index in [4.69, 9.17) is 9.47 Å². The van der Waals surface area contributed by atoms with E-state index in [1.54, 1.807) is 14.2 Å². The largest absolute Gasteiger partial charge is 0.496 e. The lowest BCUT2D eigenvalue weighted by Gasteiger charge is -2.14. The first-order chi connectivity index (χ1) is 8.49. The lowest BCUT2D eigenvalue weighted by molar-refractivity contribution is 0.107. The summed E-state index contributed by atoms with van der Waals surface area (Å²) in [5.74, 6) is 1.73. The van der Waals surface area contributed by atoms with Gasteiger partial charge in [0.05, 0.1) is 14.2 Å². The van der Waals surface area contributed by atoms with Crippen LogP contribution >= 0.6 is 8.58 Å². The number of hydrogen-bond donors (Lipinski definition) is 0. The van der Waals surface area contributed by atoms with Crippen LogP contribution in [0.2, 0.25) is 0 Å². The summed E-state index contributed by atoms with van der Waals surface area (Å²) in [5.41, 5.74) is 1.70. The number of hydrogen-bond acceptors (Lipinski definition) is 3. The Kier molecular flexibility index (Phi) is 5.61. The van der Waals surface area contributed by atoms with Gasteiger partial charge in [-0.15, -0.1) is 0 Å². The van der Waals surface area contributed by atoms with E-state index in [1.165, 1.54) is 0 Å². The molecular formula is C14H21O3P. The molecule has 0 aliphatic heterocycles. The Morgan fingerprint density at radius 2 is 1.72 bits per heavy atom. The van der Waals surface area contributed by atoms with Gasteiger partial charge in [-0.1, -0.05) is 13.8 Å². The molecule has 4 heteroatoms. The summed E-state index contributed by atoms with van der Waals surface area (Å²) in [4.78, 5) is 12.3. The van der Waals surface area contributed by atoms with E-state index in [1.807, 2.05) is 19.1 Å². The number of carbonyl (C=O) groups excluding carboxylic acids is 1. The number of methoxy groups -OCH3 is 2. The summed E-state index contributed by atoms with van der Waals surface area (Å²) < 4.78 is 10.6. The van der Waals surface area contributed by atoms with E-state index in [0.29, 0.717) is 23.0 Å².